The first-order chi connectivity index (χ1) is 13.7. The number of amides is 2. The molecule has 0 saturated heterocycles. The maximum Gasteiger partial charge on any atom is 0.329 e. The second-order valence-electron chi connectivity index (χ2n) is 7.19. The lowest BCUT2D eigenvalue weighted by Crippen LogP contribution is -2.37. The van der Waals surface area contributed by atoms with Crippen molar-refractivity contribution < 1.29 is 4.79 Å². The molecule has 3 aromatic rings. The predicted molar refractivity (Wildman–Crippen MR) is 110 cm³/mol. The largest absolute Gasteiger partial charge is 0.329 e. The molecule has 144 valence electrons. The molecular weight excluding hydrogens is 350 g/mol. The van der Waals surface area contributed by atoms with Crippen molar-refractivity contribution >= 4 is 17.7 Å². The third kappa shape index (κ3) is 3.91. The van der Waals surface area contributed by atoms with Gasteiger partial charge in [-0.3, -0.25) is 9.47 Å². The maximum absolute atomic E-state index is 13.2. The van der Waals surface area contributed by atoms with E-state index in [0.717, 1.165) is 48.4 Å². The molecule has 6 nitrogen and oxygen atoms in total. The van der Waals surface area contributed by atoms with E-state index in [1.165, 1.54) is 6.42 Å². The summed E-state index contributed by atoms with van der Waals surface area (Å²) in [5, 5.41) is 11.8. The molecule has 0 spiro atoms. The van der Waals surface area contributed by atoms with Gasteiger partial charge in [-0.15, -0.1) is 10.2 Å². The van der Waals surface area contributed by atoms with Crippen LogP contribution in [0.4, 0.5) is 16.4 Å². The molecule has 0 atom stereocenters. The van der Waals surface area contributed by atoms with Gasteiger partial charge < -0.3 is 5.32 Å². The molecule has 6 heteroatoms. The fourth-order valence-electron chi connectivity index (χ4n) is 3.57. The second kappa shape index (κ2) is 8.25. The van der Waals surface area contributed by atoms with E-state index in [2.05, 4.69) is 39.1 Å². The van der Waals surface area contributed by atoms with Gasteiger partial charge in [0.1, 0.15) is 5.82 Å². The molecule has 1 N–H and O–H groups in total. The second-order valence-corrected chi connectivity index (χ2v) is 7.19. The fraction of sp³-hybridized carbons (Fsp3) is 0.318. The van der Waals surface area contributed by atoms with Crippen LogP contribution < -0.4 is 10.2 Å². The van der Waals surface area contributed by atoms with E-state index in [1.54, 1.807) is 4.90 Å². The molecule has 0 fully saturated rings. The molecule has 1 aromatic heterocycles. The van der Waals surface area contributed by atoms with Crippen LogP contribution in [0.5, 0.6) is 0 Å². The Morgan fingerprint density at radius 1 is 1.04 bits per heavy atom. The van der Waals surface area contributed by atoms with Gasteiger partial charge in [0.15, 0.2) is 0 Å². The van der Waals surface area contributed by atoms with Crippen LogP contribution in [0.2, 0.25) is 0 Å². The number of hydrogen-bond donors (Lipinski definition) is 1. The van der Waals surface area contributed by atoms with Crippen LogP contribution in [0, 0.1) is 6.92 Å². The Balaban J connectivity index is 1.68. The number of para-hydroxylation sites is 1. The number of rotatable bonds is 4. The summed E-state index contributed by atoms with van der Waals surface area (Å²) in [4.78, 5) is 14.9. The van der Waals surface area contributed by atoms with Gasteiger partial charge in [0.2, 0.25) is 5.95 Å². The highest BCUT2D eigenvalue weighted by Crippen LogP contribution is 2.23. The van der Waals surface area contributed by atoms with Crippen molar-refractivity contribution in [3.63, 3.8) is 0 Å². The average Bonchev–Trinajstić information content (AvgIpc) is 2.95. The summed E-state index contributed by atoms with van der Waals surface area (Å²) in [5.74, 6) is 1.59. The molecule has 0 radical (unpaired) electrons. The van der Waals surface area contributed by atoms with Gasteiger partial charge in [0, 0.05) is 18.7 Å². The van der Waals surface area contributed by atoms with Gasteiger partial charge in [-0.05, 0) is 43.0 Å². The Morgan fingerprint density at radius 3 is 2.64 bits per heavy atom. The Bertz CT molecular complexity index is 951. The summed E-state index contributed by atoms with van der Waals surface area (Å²) in [6, 6.07) is 17.4. The summed E-state index contributed by atoms with van der Waals surface area (Å²) in [7, 11) is 0. The first-order valence-corrected chi connectivity index (χ1v) is 9.82. The van der Waals surface area contributed by atoms with Crippen molar-refractivity contribution in [3.05, 3.63) is 71.5 Å². The quantitative estimate of drug-likeness (QED) is 0.727. The van der Waals surface area contributed by atoms with Crippen molar-refractivity contribution in [1.82, 2.24) is 14.8 Å². The average molecular weight is 375 g/mol. The molecular formula is C22H25N5O. The lowest BCUT2D eigenvalue weighted by atomic mass is 10.1. The zero-order valence-electron chi connectivity index (χ0n) is 16.1. The van der Waals surface area contributed by atoms with Crippen LogP contribution in [0.3, 0.4) is 0 Å². The summed E-state index contributed by atoms with van der Waals surface area (Å²) in [5.41, 5.74) is 3.00. The van der Waals surface area contributed by atoms with E-state index in [4.69, 9.17) is 0 Å². The van der Waals surface area contributed by atoms with Crippen LogP contribution in [0.15, 0.2) is 54.6 Å². The van der Waals surface area contributed by atoms with Crippen molar-refractivity contribution in [2.24, 2.45) is 0 Å². The number of nitrogens with one attached hydrogen (secondary N) is 1. The summed E-state index contributed by atoms with van der Waals surface area (Å²) in [6.45, 7) is 3.36. The van der Waals surface area contributed by atoms with Gasteiger partial charge in [0.05, 0.1) is 6.54 Å². The number of nitrogens with zero attached hydrogens (tertiary/aromatic N) is 4. The minimum absolute atomic E-state index is 0.200. The first kappa shape index (κ1) is 18.2. The Morgan fingerprint density at radius 2 is 1.82 bits per heavy atom. The number of benzene rings is 2. The minimum Gasteiger partial charge on any atom is -0.307 e. The molecule has 1 aliphatic rings. The van der Waals surface area contributed by atoms with Gasteiger partial charge in [-0.2, -0.15) is 0 Å². The lowest BCUT2D eigenvalue weighted by molar-refractivity contribution is 0.256. The molecule has 0 bridgehead atoms. The normalized spacial score (nSPS) is 13.5. The third-order valence-electron chi connectivity index (χ3n) is 5.19. The molecule has 0 unspecified atom stereocenters. The van der Waals surface area contributed by atoms with Crippen LogP contribution in [0.1, 0.15) is 36.2 Å². The minimum atomic E-state index is -0.200. The standard InChI is InChI=1S/C22H25N5O/c1-17-10-7-8-11-18(17)16-27(22(28)23-19-12-4-2-5-13-19)21-25-24-20-14-6-3-9-15-26(20)21/h2,4-5,7-8,10-13H,3,6,9,14-16H2,1H3,(H,23,28). The van der Waals surface area contributed by atoms with Crippen molar-refractivity contribution in [2.75, 3.05) is 10.2 Å². The van der Waals surface area contributed by atoms with Gasteiger partial charge in [-0.1, -0.05) is 48.9 Å². The van der Waals surface area contributed by atoms with E-state index < -0.39 is 0 Å². The molecule has 0 aliphatic carbocycles. The molecule has 1 aliphatic heterocycles. The van der Waals surface area contributed by atoms with Crippen molar-refractivity contribution in [2.45, 2.75) is 45.7 Å². The highest BCUT2D eigenvalue weighted by molar-refractivity contribution is 6.00. The number of urea groups is 1. The van der Waals surface area contributed by atoms with E-state index in [0.29, 0.717) is 12.5 Å². The van der Waals surface area contributed by atoms with Crippen LogP contribution >= 0.6 is 0 Å². The van der Waals surface area contributed by atoms with Crippen molar-refractivity contribution in [3.8, 4) is 0 Å². The van der Waals surface area contributed by atoms with E-state index in [1.807, 2.05) is 42.5 Å². The number of carbonyl (C=O) groups excluding carboxylic acids is 1. The molecule has 2 heterocycles. The zero-order chi connectivity index (χ0) is 19.3. The zero-order valence-corrected chi connectivity index (χ0v) is 16.1. The number of hydrogen-bond acceptors (Lipinski definition) is 3. The number of fused-ring (bicyclic) bond motifs is 1. The highest BCUT2D eigenvalue weighted by Gasteiger charge is 2.25. The monoisotopic (exact) mass is 375 g/mol. The molecule has 2 aromatic carbocycles. The van der Waals surface area contributed by atoms with Crippen LogP contribution in [0.25, 0.3) is 0 Å². The molecule has 4 rings (SSSR count). The summed E-state index contributed by atoms with van der Waals surface area (Å²) < 4.78 is 2.11. The molecule has 0 saturated carbocycles. The topological polar surface area (TPSA) is 63.1 Å². The number of carbonyl (C=O) groups is 1. The van der Waals surface area contributed by atoms with E-state index >= 15 is 0 Å². The maximum atomic E-state index is 13.2. The number of anilines is 2. The Labute approximate surface area is 165 Å². The fourth-order valence-corrected chi connectivity index (χ4v) is 3.57. The smallest absolute Gasteiger partial charge is 0.307 e. The van der Waals surface area contributed by atoms with E-state index in [9.17, 15) is 4.79 Å². The first-order valence-electron chi connectivity index (χ1n) is 9.82. The highest BCUT2D eigenvalue weighted by atomic mass is 16.2. The van der Waals surface area contributed by atoms with Gasteiger partial charge in [-0.25, -0.2) is 4.79 Å². The van der Waals surface area contributed by atoms with Crippen LogP contribution in [-0.4, -0.2) is 20.8 Å². The summed E-state index contributed by atoms with van der Waals surface area (Å²) >= 11 is 0. The predicted octanol–water partition coefficient (Wildman–Crippen LogP) is 4.55. The Hall–Kier alpha value is -3.15. The molecule has 28 heavy (non-hydrogen) atoms. The third-order valence-corrected chi connectivity index (χ3v) is 5.19. The summed E-state index contributed by atoms with van der Waals surface area (Å²) in [6.07, 6.45) is 4.28. The SMILES string of the molecule is Cc1ccccc1CN(C(=O)Nc1ccccc1)c1nnc2n1CCCCC2. The lowest BCUT2D eigenvalue weighted by Gasteiger charge is -2.23. The van der Waals surface area contributed by atoms with Crippen molar-refractivity contribution in [1.29, 1.82) is 0 Å². The number of aromatic nitrogens is 3. The number of aryl methyl sites for hydroxylation is 2. The van der Waals surface area contributed by atoms with Crippen LogP contribution in [-0.2, 0) is 19.5 Å². The van der Waals surface area contributed by atoms with E-state index in [-0.39, 0.29) is 6.03 Å². The Kier molecular flexibility index (Phi) is 5.37. The molecule has 2 amide bonds. The van der Waals surface area contributed by atoms with Gasteiger partial charge >= 0.3 is 6.03 Å². The van der Waals surface area contributed by atoms with Gasteiger partial charge in [0.25, 0.3) is 0 Å².